The highest BCUT2D eigenvalue weighted by molar-refractivity contribution is 7.89. The number of halogens is 1. The van der Waals surface area contributed by atoms with E-state index in [4.69, 9.17) is 10.5 Å². The molecule has 1 fully saturated rings. The molecule has 1 saturated heterocycles. The van der Waals surface area contributed by atoms with Gasteiger partial charge >= 0.3 is 0 Å². The van der Waals surface area contributed by atoms with Crippen LogP contribution in [0.1, 0.15) is 26.7 Å². The number of carbonyl (C=O) groups is 1. The van der Waals surface area contributed by atoms with Crippen molar-refractivity contribution in [3.63, 3.8) is 0 Å². The van der Waals surface area contributed by atoms with Gasteiger partial charge in [-0.25, -0.2) is 13.1 Å². The number of benzene rings is 1. The van der Waals surface area contributed by atoms with Gasteiger partial charge in [0.2, 0.25) is 15.9 Å². The van der Waals surface area contributed by atoms with E-state index in [0.29, 0.717) is 32.0 Å². The van der Waals surface area contributed by atoms with Crippen LogP contribution in [0.3, 0.4) is 0 Å². The molecule has 1 aromatic carbocycles. The van der Waals surface area contributed by atoms with E-state index in [-0.39, 0.29) is 41.6 Å². The molecule has 7 nitrogen and oxygen atoms in total. The fourth-order valence-electron chi connectivity index (χ4n) is 2.82. The molecule has 9 heteroatoms. The van der Waals surface area contributed by atoms with Crippen LogP contribution in [0.15, 0.2) is 29.2 Å². The molecule has 1 aliphatic rings. The maximum atomic E-state index is 12.3. The van der Waals surface area contributed by atoms with Gasteiger partial charge in [-0.15, -0.1) is 12.4 Å². The van der Waals surface area contributed by atoms with E-state index in [0.717, 1.165) is 6.42 Å². The summed E-state index contributed by atoms with van der Waals surface area (Å²) in [6, 6.07) is 6.20. The van der Waals surface area contributed by atoms with Crippen LogP contribution in [0.4, 0.5) is 0 Å². The monoisotopic (exact) mass is 405 g/mol. The van der Waals surface area contributed by atoms with E-state index in [1.54, 1.807) is 17.0 Å². The number of hydrogen-bond donors (Lipinski definition) is 2. The molecule has 26 heavy (non-hydrogen) atoms. The third-order valence-electron chi connectivity index (χ3n) is 4.48. The first-order valence-corrected chi connectivity index (χ1v) is 9.98. The van der Waals surface area contributed by atoms with Gasteiger partial charge in [-0.3, -0.25) is 4.79 Å². The van der Waals surface area contributed by atoms with E-state index in [1.807, 2.05) is 6.92 Å². The molecule has 1 atom stereocenters. The number of sulfonamides is 1. The molecule has 2 rings (SSSR count). The second-order valence-electron chi connectivity index (χ2n) is 6.63. The summed E-state index contributed by atoms with van der Waals surface area (Å²) >= 11 is 0. The van der Waals surface area contributed by atoms with Crippen LogP contribution in [-0.4, -0.2) is 52.0 Å². The van der Waals surface area contributed by atoms with Crippen LogP contribution in [0.25, 0.3) is 0 Å². The molecule has 1 aromatic rings. The van der Waals surface area contributed by atoms with Gasteiger partial charge in [0, 0.05) is 26.1 Å². The van der Waals surface area contributed by atoms with Gasteiger partial charge in [0.05, 0.1) is 11.5 Å². The molecule has 1 unspecified atom stereocenters. The van der Waals surface area contributed by atoms with Crippen molar-refractivity contribution in [3.8, 4) is 5.75 Å². The Morgan fingerprint density at radius 2 is 2.00 bits per heavy atom. The zero-order valence-corrected chi connectivity index (χ0v) is 16.9. The van der Waals surface area contributed by atoms with E-state index in [1.165, 1.54) is 12.1 Å². The lowest BCUT2D eigenvalue weighted by Crippen LogP contribution is -2.36. The minimum absolute atomic E-state index is 0. The first kappa shape index (κ1) is 22.7. The van der Waals surface area contributed by atoms with E-state index < -0.39 is 10.0 Å². The molecule has 0 bridgehead atoms. The number of likely N-dealkylation sites (tertiary alicyclic amines) is 1. The van der Waals surface area contributed by atoms with Gasteiger partial charge < -0.3 is 15.4 Å². The maximum Gasteiger partial charge on any atom is 0.240 e. The average Bonchev–Trinajstić information content (AvgIpc) is 2.99. The highest BCUT2D eigenvalue weighted by atomic mass is 35.5. The Bertz CT molecular complexity index is 696. The summed E-state index contributed by atoms with van der Waals surface area (Å²) in [6.07, 6.45) is 1.02. The van der Waals surface area contributed by atoms with Gasteiger partial charge in [-0.2, -0.15) is 0 Å². The lowest BCUT2D eigenvalue weighted by atomic mass is 9.90. The van der Waals surface area contributed by atoms with E-state index >= 15 is 0 Å². The van der Waals surface area contributed by atoms with Crippen molar-refractivity contribution in [3.05, 3.63) is 24.3 Å². The molecular weight excluding hydrogens is 378 g/mol. The van der Waals surface area contributed by atoms with Crippen LogP contribution in [-0.2, 0) is 14.8 Å². The molecule has 0 spiro atoms. The number of hydrogen-bond acceptors (Lipinski definition) is 5. The topological polar surface area (TPSA) is 102 Å². The number of rotatable bonds is 8. The Balaban J connectivity index is 0.00000338. The number of nitrogens with two attached hydrogens (primary N) is 1. The normalized spacial score (nSPS) is 19.9. The molecule has 148 valence electrons. The van der Waals surface area contributed by atoms with Gasteiger partial charge in [-0.1, -0.05) is 6.92 Å². The summed E-state index contributed by atoms with van der Waals surface area (Å²) in [7, 11) is -3.63. The van der Waals surface area contributed by atoms with Crippen molar-refractivity contribution in [1.29, 1.82) is 0 Å². The third-order valence-corrected chi connectivity index (χ3v) is 5.96. The number of nitrogens with zero attached hydrogens (tertiary/aromatic N) is 1. The van der Waals surface area contributed by atoms with Crippen molar-refractivity contribution in [2.24, 2.45) is 11.1 Å². The number of nitrogens with one attached hydrogen (secondary N) is 1. The SMILES string of the molecule is CCOc1ccc(S(=O)(=O)NCCC(=O)N2CCC(C)(CN)C2)cc1.Cl. The fourth-order valence-corrected chi connectivity index (χ4v) is 3.85. The molecule has 1 amide bonds. The minimum Gasteiger partial charge on any atom is -0.494 e. The standard InChI is InChI=1S/C17H27N3O4S.ClH/c1-3-24-14-4-6-15(7-5-14)25(22,23)19-10-8-16(21)20-11-9-17(2,12-18)13-20;/h4-7,19H,3,8-13,18H2,1-2H3;1H. The van der Waals surface area contributed by atoms with Crippen LogP contribution in [0.2, 0.25) is 0 Å². The number of amides is 1. The molecular formula is C17H28ClN3O4S. The van der Waals surface area contributed by atoms with Crippen molar-refractivity contribution >= 4 is 28.3 Å². The summed E-state index contributed by atoms with van der Waals surface area (Å²) < 4.78 is 32.3. The van der Waals surface area contributed by atoms with Crippen LogP contribution in [0, 0.1) is 5.41 Å². The maximum absolute atomic E-state index is 12.3. The number of ether oxygens (including phenoxy) is 1. The summed E-state index contributed by atoms with van der Waals surface area (Å²) in [5.74, 6) is 0.570. The van der Waals surface area contributed by atoms with E-state index in [2.05, 4.69) is 11.6 Å². The van der Waals surface area contributed by atoms with Crippen molar-refractivity contribution in [2.75, 3.05) is 32.8 Å². The predicted molar refractivity (Wildman–Crippen MR) is 103 cm³/mol. The lowest BCUT2D eigenvalue weighted by Gasteiger charge is -2.22. The third kappa shape index (κ3) is 5.84. The molecule has 1 aliphatic heterocycles. The highest BCUT2D eigenvalue weighted by Crippen LogP contribution is 2.28. The van der Waals surface area contributed by atoms with Crippen LogP contribution in [0.5, 0.6) is 5.75 Å². The Labute approximate surface area is 161 Å². The molecule has 0 radical (unpaired) electrons. The minimum atomic E-state index is -3.63. The van der Waals surface area contributed by atoms with Crippen molar-refractivity contribution < 1.29 is 17.9 Å². The van der Waals surface area contributed by atoms with Crippen molar-refractivity contribution in [1.82, 2.24) is 9.62 Å². The highest BCUT2D eigenvalue weighted by Gasteiger charge is 2.34. The van der Waals surface area contributed by atoms with E-state index in [9.17, 15) is 13.2 Å². The Kier molecular flexibility index (Phi) is 8.33. The smallest absolute Gasteiger partial charge is 0.240 e. The summed E-state index contributed by atoms with van der Waals surface area (Å²) in [6.45, 7) is 6.37. The fraction of sp³-hybridized carbons (Fsp3) is 0.588. The predicted octanol–water partition coefficient (Wildman–Crippen LogP) is 1.37. The second kappa shape index (κ2) is 9.55. The molecule has 0 aromatic heterocycles. The van der Waals surface area contributed by atoms with Crippen molar-refractivity contribution in [2.45, 2.75) is 31.6 Å². The number of carbonyl (C=O) groups excluding carboxylic acids is 1. The molecule has 1 heterocycles. The molecule has 0 aliphatic carbocycles. The lowest BCUT2D eigenvalue weighted by molar-refractivity contribution is -0.130. The summed E-state index contributed by atoms with van der Waals surface area (Å²) in [5.41, 5.74) is 5.71. The molecule has 0 saturated carbocycles. The summed E-state index contributed by atoms with van der Waals surface area (Å²) in [4.78, 5) is 14.1. The first-order chi connectivity index (χ1) is 11.8. The van der Waals surface area contributed by atoms with Gasteiger partial charge in [-0.05, 0) is 49.6 Å². The largest absolute Gasteiger partial charge is 0.494 e. The summed E-state index contributed by atoms with van der Waals surface area (Å²) in [5, 5.41) is 0. The first-order valence-electron chi connectivity index (χ1n) is 8.50. The zero-order valence-electron chi connectivity index (χ0n) is 15.2. The quantitative estimate of drug-likeness (QED) is 0.680. The van der Waals surface area contributed by atoms with Crippen LogP contribution < -0.4 is 15.2 Å². The average molecular weight is 406 g/mol. The molecule has 3 N–H and O–H groups in total. The van der Waals surface area contributed by atoms with Crippen LogP contribution >= 0.6 is 12.4 Å². The Morgan fingerprint density at radius 3 is 2.54 bits per heavy atom. The second-order valence-corrected chi connectivity index (χ2v) is 8.40. The van der Waals surface area contributed by atoms with Gasteiger partial charge in [0.1, 0.15) is 5.75 Å². The zero-order chi connectivity index (χ0) is 18.5. The Morgan fingerprint density at radius 1 is 1.35 bits per heavy atom. The van der Waals surface area contributed by atoms with Gasteiger partial charge in [0.15, 0.2) is 0 Å². The Hall–Kier alpha value is -1.35. The van der Waals surface area contributed by atoms with Gasteiger partial charge in [0.25, 0.3) is 0 Å².